The van der Waals surface area contributed by atoms with E-state index in [0.717, 1.165) is 22.3 Å². The van der Waals surface area contributed by atoms with Crippen molar-refractivity contribution >= 4 is 18.0 Å². The molecule has 0 saturated heterocycles. The topological polar surface area (TPSA) is 105 Å². The van der Waals surface area contributed by atoms with Gasteiger partial charge in [-0.15, -0.1) is 0 Å². The molecular weight excluding hydrogens is 384 g/mol. The Hall–Kier alpha value is -3.35. The molecule has 7 nitrogen and oxygen atoms in total. The number of carboxylic acids is 1. The van der Waals surface area contributed by atoms with Gasteiger partial charge in [-0.05, 0) is 35.1 Å². The average molecular weight is 410 g/mol. The zero-order valence-corrected chi connectivity index (χ0v) is 17.1. The summed E-state index contributed by atoms with van der Waals surface area (Å²) in [5.74, 6) is -1.73. The lowest BCUT2D eigenvalue weighted by atomic mass is 9.98. The summed E-state index contributed by atoms with van der Waals surface area (Å²) in [5.41, 5.74) is 4.46. The molecule has 2 amide bonds. The first-order valence-electron chi connectivity index (χ1n) is 10.1. The van der Waals surface area contributed by atoms with E-state index < -0.39 is 30.1 Å². The molecule has 1 aliphatic carbocycles. The fourth-order valence-corrected chi connectivity index (χ4v) is 3.75. The molecule has 0 saturated carbocycles. The quantitative estimate of drug-likeness (QED) is 0.619. The number of rotatable bonds is 8. The van der Waals surface area contributed by atoms with E-state index >= 15 is 0 Å². The second kappa shape index (κ2) is 9.43. The molecule has 2 aromatic carbocycles. The third kappa shape index (κ3) is 4.45. The number of hydrogen-bond donors (Lipinski definition) is 3. The highest BCUT2D eigenvalue weighted by atomic mass is 16.5. The van der Waals surface area contributed by atoms with E-state index in [-0.39, 0.29) is 18.9 Å². The highest BCUT2D eigenvalue weighted by Gasteiger charge is 2.30. The Labute approximate surface area is 175 Å². The molecule has 2 atom stereocenters. The minimum atomic E-state index is -1.11. The zero-order chi connectivity index (χ0) is 21.7. The van der Waals surface area contributed by atoms with Crippen molar-refractivity contribution in [2.24, 2.45) is 0 Å². The van der Waals surface area contributed by atoms with Gasteiger partial charge in [0.05, 0.1) is 0 Å². The van der Waals surface area contributed by atoms with Gasteiger partial charge in [0, 0.05) is 5.92 Å². The lowest BCUT2D eigenvalue weighted by Crippen LogP contribution is -2.51. The highest BCUT2D eigenvalue weighted by molar-refractivity contribution is 5.89. The molecule has 2 unspecified atom stereocenters. The summed E-state index contributed by atoms with van der Waals surface area (Å²) in [5, 5.41) is 14.1. The van der Waals surface area contributed by atoms with Crippen molar-refractivity contribution in [3.63, 3.8) is 0 Å². The molecule has 0 bridgehead atoms. The first-order chi connectivity index (χ1) is 14.5. The van der Waals surface area contributed by atoms with Gasteiger partial charge in [0.1, 0.15) is 18.7 Å². The zero-order valence-electron chi connectivity index (χ0n) is 17.1. The van der Waals surface area contributed by atoms with E-state index in [0.29, 0.717) is 6.42 Å². The van der Waals surface area contributed by atoms with Crippen molar-refractivity contribution in [3.8, 4) is 11.1 Å². The molecule has 0 aromatic heterocycles. The maximum absolute atomic E-state index is 12.4. The lowest BCUT2D eigenvalue weighted by Gasteiger charge is -2.20. The summed E-state index contributed by atoms with van der Waals surface area (Å²) < 4.78 is 5.45. The summed E-state index contributed by atoms with van der Waals surface area (Å²) in [6.45, 7) is 3.54. The number of hydrogen-bond acceptors (Lipinski definition) is 4. The number of ether oxygens (including phenoxy) is 1. The van der Waals surface area contributed by atoms with E-state index in [1.54, 1.807) is 13.8 Å². The number of aliphatic carboxylic acids is 1. The van der Waals surface area contributed by atoms with Gasteiger partial charge in [-0.3, -0.25) is 4.79 Å². The number of carbonyl (C=O) groups is 3. The van der Waals surface area contributed by atoms with Gasteiger partial charge in [-0.25, -0.2) is 9.59 Å². The van der Waals surface area contributed by atoms with E-state index in [9.17, 15) is 14.4 Å². The molecule has 7 heteroatoms. The first kappa shape index (κ1) is 21.4. The second-order valence-electron chi connectivity index (χ2n) is 7.24. The standard InChI is InChI=1S/C23H26N2O5/c1-3-19(21(26)24-20(4-2)22(27)28)25-23(29)30-13-18-16-11-7-5-9-14(16)15-10-6-8-12-17(15)18/h5-12,18-20H,3-4,13H2,1-2H3,(H,24,26)(H,25,29)(H,27,28). The van der Waals surface area contributed by atoms with Crippen LogP contribution in [0.25, 0.3) is 11.1 Å². The van der Waals surface area contributed by atoms with Crippen LogP contribution in [0.1, 0.15) is 43.7 Å². The predicted octanol–water partition coefficient (Wildman–Crippen LogP) is 3.28. The number of carbonyl (C=O) groups excluding carboxylic acids is 2. The van der Waals surface area contributed by atoms with E-state index in [1.165, 1.54) is 0 Å². The number of alkyl carbamates (subject to hydrolysis) is 1. The summed E-state index contributed by atoms with van der Waals surface area (Å²) in [6.07, 6.45) is -0.142. The Morgan fingerprint density at radius 3 is 1.93 bits per heavy atom. The molecule has 0 radical (unpaired) electrons. The Bertz CT molecular complexity index is 897. The van der Waals surface area contributed by atoms with Crippen molar-refractivity contribution in [1.82, 2.24) is 10.6 Å². The molecular formula is C23H26N2O5. The third-order valence-electron chi connectivity index (χ3n) is 5.38. The number of nitrogens with one attached hydrogen (secondary N) is 2. The molecule has 0 spiro atoms. The predicted molar refractivity (Wildman–Crippen MR) is 112 cm³/mol. The molecule has 3 N–H and O–H groups in total. The van der Waals surface area contributed by atoms with Gasteiger partial charge in [0.2, 0.25) is 5.91 Å². The monoisotopic (exact) mass is 410 g/mol. The first-order valence-corrected chi connectivity index (χ1v) is 10.1. The van der Waals surface area contributed by atoms with Crippen molar-refractivity contribution in [2.45, 2.75) is 44.7 Å². The molecule has 0 aliphatic heterocycles. The fraction of sp³-hybridized carbons (Fsp3) is 0.348. The number of fused-ring (bicyclic) bond motifs is 3. The maximum Gasteiger partial charge on any atom is 0.407 e. The minimum absolute atomic E-state index is 0.0754. The van der Waals surface area contributed by atoms with Gasteiger partial charge >= 0.3 is 12.1 Å². The number of benzene rings is 2. The van der Waals surface area contributed by atoms with Crippen LogP contribution in [0.5, 0.6) is 0 Å². The Morgan fingerprint density at radius 2 is 1.43 bits per heavy atom. The smallest absolute Gasteiger partial charge is 0.407 e. The molecule has 1 aliphatic rings. The van der Waals surface area contributed by atoms with Gasteiger partial charge in [-0.2, -0.15) is 0 Å². The van der Waals surface area contributed by atoms with Crippen LogP contribution in [0, 0.1) is 0 Å². The Kier molecular flexibility index (Phi) is 6.72. The van der Waals surface area contributed by atoms with Crippen molar-refractivity contribution in [1.29, 1.82) is 0 Å². The Morgan fingerprint density at radius 1 is 0.900 bits per heavy atom. The van der Waals surface area contributed by atoms with Crippen LogP contribution in [-0.2, 0) is 14.3 Å². The lowest BCUT2D eigenvalue weighted by molar-refractivity contribution is -0.142. The minimum Gasteiger partial charge on any atom is -0.480 e. The normalized spacial score (nSPS) is 14.2. The van der Waals surface area contributed by atoms with Crippen molar-refractivity contribution < 1.29 is 24.2 Å². The summed E-state index contributed by atoms with van der Waals surface area (Å²) in [7, 11) is 0. The van der Waals surface area contributed by atoms with Crippen LogP contribution >= 0.6 is 0 Å². The molecule has 0 fully saturated rings. The van der Waals surface area contributed by atoms with Gasteiger partial charge in [-0.1, -0.05) is 62.4 Å². The van der Waals surface area contributed by atoms with Crippen LogP contribution < -0.4 is 10.6 Å². The number of amides is 2. The SMILES string of the molecule is CCC(NC(=O)C(CC)NC(=O)OCC1c2ccccc2-c2ccccc21)C(=O)O. The molecule has 0 heterocycles. The van der Waals surface area contributed by atoms with Gasteiger partial charge < -0.3 is 20.5 Å². The van der Waals surface area contributed by atoms with Crippen LogP contribution in [0.15, 0.2) is 48.5 Å². The van der Waals surface area contributed by atoms with Crippen molar-refractivity contribution in [3.05, 3.63) is 59.7 Å². The van der Waals surface area contributed by atoms with Gasteiger partial charge in [0.25, 0.3) is 0 Å². The highest BCUT2D eigenvalue weighted by Crippen LogP contribution is 2.44. The summed E-state index contributed by atoms with van der Waals surface area (Å²) in [4.78, 5) is 35.8. The Balaban J connectivity index is 1.63. The largest absolute Gasteiger partial charge is 0.480 e. The molecule has 2 aromatic rings. The van der Waals surface area contributed by atoms with Crippen LogP contribution in [-0.4, -0.2) is 41.8 Å². The van der Waals surface area contributed by atoms with E-state index in [4.69, 9.17) is 9.84 Å². The van der Waals surface area contributed by atoms with E-state index in [2.05, 4.69) is 22.8 Å². The summed E-state index contributed by atoms with van der Waals surface area (Å²) in [6, 6.07) is 14.2. The average Bonchev–Trinajstić information content (AvgIpc) is 3.07. The fourth-order valence-electron chi connectivity index (χ4n) is 3.75. The third-order valence-corrected chi connectivity index (χ3v) is 5.38. The van der Waals surface area contributed by atoms with Crippen LogP contribution in [0.3, 0.4) is 0 Å². The van der Waals surface area contributed by atoms with E-state index in [1.807, 2.05) is 36.4 Å². The van der Waals surface area contributed by atoms with Crippen LogP contribution in [0.2, 0.25) is 0 Å². The van der Waals surface area contributed by atoms with Crippen LogP contribution in [0.4, 0.5) is 4.79 Å². The molecule has 30 heavy (non-hydrogen) atoms. The molecule has 3 rings (SSSR count). The van der Waals surface area contributed by atoms with Gasteiger partial charge in [0.15, 0.2) is 0 Å². The molecule has 158 valence electrons. The summed E-state index contributed by atoms with van der Waals surface area (Å²) >= 11 is 0. The maximum atomic E-state index is 12.4. The second-order valence-corrected chi connectivity index (χ2v) is 7.24. The van der Waals surface area contributed by atoms with Crippen molar-refractivity contribution in [2.75, 3.05) is 6.61 Å². The number of carboxylic acid groups (broad SMARTS) is 1.